The molecule has 21 heavy (non-hydrogen) atoms. The van der Waals surface area contributed by atoms with Crippen molar-refractivity contribution >= 4 is 20.9 Å². The zero-order valence-electron chi connectivity index (χ0n) is 11.7. The zero-order chi connectivity index (χ0) is 14.9. The molecule has 6 heteroatoms. The van der Waals surface area contributed by atoms with Crippen LogP contribution in [0.2, 0.25) is 0 Å². The van der Waals surface area contributed by atoms with Crippen molar-refractivity contribution < 1.29 is 8.42 Å². The number of sulfonamides is 1. The van der Waals surface area contributed by atoms with Gasteiger partial charge in [-0.1, -0.05) is 12.5 Å². The van der Waals surface area contributed by atoms with Gasteiger partial charge in [-0.2, -0.15) is 0 Å². The summed E-state index contributed by atoms with van der Waals surface area (Å²) < 4.78 is 28.2. The Morgan fingerprint density at radius 3 is 2.90 bits per heavy atom. The topological polar surface area (TPSA) is 85.1 Å². The maximum Gasteiger partial charge on any atom is 0.241 e. The lowest BCUT2D eigenvalue weighted by molar-refractivity contribution is 0.453. The number of aromatic nitrogens is 1. The van der Waals surface area contributed by atoms with E-state index in [-0.39, 0.29) is 16.9 Å². The van der Waals surface area contributed by atoms with Gasteiger partial charge in [-0.25, -0.2) is 13.1 Å². The average molecular weight is 305 g/mol. The Morgan fingerprint density at radius 1 is 1.24 bits per heavy atom. The third kappa shape index (κ3) is 2.79. The van der Waals surface area contributed by atoms with Crippen LogP contribution in [0.15, 0.2) is 41.4 Å². The molecule has 1 fully saturated rings. The maximum absolute atomic E-state index is 12.7. The summed E-state index contributed by atoms with van der Waals surface area (Å²) in [5.74, 6) is 0.230. The SMILES string of the molecule is NCC1CCCC1NS(=O)(=O)c1cccc2ncccc12. The summed E-state index contributed by atoms with van der Waals surface area (Å²) >= 11 is 0. The molecule has 0 amide bonds. The number of benzene rings is 1. The lowest BCUT2D eigenvalue weighted by Crippen LogP contribution is -2.39. The molecule has 1 aromatic heterocycles. The van der Waals surface area contributed by atoms with Crippen LogP contribution in [0.25, 0.3) is 10.9 Å². The predicted molar refractivity (Wildman–Crippen MR) is 82.2 cm³/mol. The van der Waals surface area contributed by atoms with Gasteiger partial charge in [0.15, 0.2) is 0 Å². The summed E-state index contributed by atoms with van der Waals surface area (Å²) in [7, 11) is -3.56. The van der Waals surface area contributed by atoms with E-state index >= 15 is 0 Å². The van der Waals surface area contributed by atoms with Crippen molar-refractivity contribution in [2.24, 2.45) is 11.7 Å². The van der Waals surface area contributed by atoms with Crippen molar-refractivity contribution in [1.82, 2.24) is 9.71 Å². The molecule has 0 radical (unpaired) electrons. The van der Waals surface area contributed by atoms with Gasteiger partial charge in [-0.05, 0) is 49.6 Å². The van der Waals surface area contributed by atoms with Crippen LogP contribution >= 0.6 is 0 Å². The Hall–Kier alpha value is -1.50. The second kappa shape index (κ2) is 5.71. The smallest absolute Gasteiger partial charge is 0.241 e. The highest BCUT2D eigenvalue weighted by Crippen LogP contribution is 2.27. The minimum atomic E-state index is -3.56. The van der Waals surface area contributed by atoms with Gasteiger partial charge in [0.2, 0.25) is 10.0 Å². The largest absolute Gasteiger partial charge is 0.330 e. The monoisotopic (exact) mass is 305 g/mol. The third-order valence-corrected chi connectivity index (χ3v) is 5.71. The Balaban J connectivity index is 1.97. The first-order valence-corrected chi connectivity index (χ1v) is 8.66. The molecule has 1 aliphatic carbocycles. The van der Waals surface area contributed by atoms with Crippen LogP contribution in [0.1, 0.15) is 19.3 Å². The number of nitrogens with two attached hydrogens (primary N) is 1. The molecule has 1 aliphatic rings. The predicted octanol–water partition coefficient (Wildman–Crippen LogP) is 1.64. The van der Waals surface area contributed by atoms with E-state index in [2.05, 4.69) is 9.71 Å². The summed E-state index contributed by atoms with van der Waals surface area (Å²) in [6, 6.07) is 8.63. The molecule has 0 bridgehead atoms. The lowest BCUT2D eigenvalue weighted by Gasteiger charge is -2.20. The fraction of sp³-hybridized carbons (Fsp3) is 0.400. The molecule has 2 atom stereocenters. The highest BCUT2D eigenvalue weighted by atomic mass is 32.2. The zero-order valence-corrected chi connectivity index (χ0v) is 12.5. The molecule has 1 saturated carbocycles. The summed E-state index contributed by atoms with van der Waals surface area (Å²) in [5.41, 5.74) is 6.41. The Labute approximate surface area is 124 Å². The maximum atomic E-state index is 12.7. The molecular formula is C15H19N3O2S. The molecule has 5 nitrogen and oxygen atoms in total. The number of hydrogen-bond acceptors (Lipinski definition) is 4. The van der Waals surface area contributed by atoms with Crippen LogP contribution in [-0.2, 0) is 10.0 Å². The molecule has 1 heterocycles. The van der Waals surface area contributed by atoms with Crippen molar-refractivity contribution in [3.05, 3.63) is 36.5 Å². The van der Waals surface area contributed by atoms with Crippen molar-refractivity contribution in [1.29, 1.82) is 0 Å². The molecule has 2 aromatic rings. The fourth-order valence-electron chi connectivity index (χ4n) is 3.05. The van der Waals surface area contributed by atoms with E-state index in [9.17, 15) is 8.42 Å². The van der Waals surface area contributed by atoms with E-state index < -0.39 is 10.0 Å². The third-order valence-electron chi connectivity index (χ3n) is 4.16. The quantitative estimate of drug-likeness (QED) is 0.899. The van der Waals surface area contributed by atoms with Gasteiger partial charge in [-0.3, -0.25) is 4.98 Å². The van der Waals surface area contributed by atoms with Gasteiger partial charge in [0, 0.05) is 17.6 Å². The van der Waals surface area contributed by atoms with Crippen molar-refractivity contribution in [3.63, 3.8) is 0 Å². The van der Waals surface area contributed by atoms with E-state index in [0.29, 0.717) is 17.4 Å². The van der Waals surface area contributed by atoms with Gasteiger partial charge in [0.05, 0.1) is 10.4 Å². The minimum Gasteiger partial charge on any atom is -0.330 e. The van der Waals surface area contributed by atoms with E-state index in [1.165, 1.54) is 0 Å². The summed E-state index contributed by atoms with van der Waals surface area (Å²) in [6.45, 7) is 0.518. The average Bonchev–Trinajstić information content (AvgIpc) is 2.93. The van der Waals surface area contributed by atoms with Crippen LogP contribution in [0.4, 0.5) is 0 Å². The number of pyridine rings is 1. The number of nitrogens with one attached hydrogen (secondary N) is 1. The van der Waals surface area contributed by atoms with Gasteiger partial charge >= 0.3 is 0 Å². The van der Waals surface area contributed by atoms with Crippen LogP contribution < -0.4 is 10.5 Å². The van der Waals surface area contributed by atoms with E-state index in [4.69, 9.17) is 5.73 Å². The van der Waals surface area contributed by atoms with Crippen LogP contribution in [0, 0.1) is 5.92 Å². The van der Waals surface area contributed by atoms with Crippen molar-refractivity contribution in [2.45, 2.75) is 30.2 Å². The van der Waals surface area contributed by atoms with Crippen LogP contribution in [0.5, 0.6) is 0 Å². The van der Waals surface area contributed by atoms with Gasteiger partial charge in [0.1, 0.15) is 0 Å². The van der Waals surface area contributed by atoms with Gasteiger partial charge < -0.3 is 5.73 Å². The second-order valence-corrected chi connectivity index (χ2v) is 7.16. The summed E-state index contributed by atoms with van der Waals surface area (Å²) in [6.07, 6.45) is 4.52. The number of rotatable bonds is 4. The number of fused-ring (bicyclic) bond motifs is 1. The van der Waals surface area contributed by atoms with E-state index in [0.717, 1.165) is 19.3 Å². The van der Waals surface area contributed by atoms with Gasteiger partial charge in [0.25, 0.3) is 0 Å². The van der Waals surface area contributed by atoms with E-state index in [1.807, 2.05) is 6.07 Å². The number of hydrogen-bond donors (Lipinski definition) is 2. The Morgan fingerprint density at radius 2 is 2.10 bits per heavy atom. The number of nitrogens with zero attached hydrogens (tertiary/aromatic N) is 1. The lowest BCUT2D eigenvalue weighted by atomic mass is 10.1. The Bertz CT molecular complexity index is 740. The van der Waals surface area contributed by atoms with E-state index in [1.54, 1.807) is 30.5 Å². The molecule has 0 spiro atoms. The molecule has 1 aromatic carbocycles. The van der Waals surface area contributed by atoms with Crippen LogP contribution in [-0.4, -0.2) is 26.0 Å². The second-order valence-electron chi connectivity index (χ2n) is 5.48. The molecular weight excluding hydrogens is 286 g/mol. The first-order chi connectivity index (χ1) is 10.1. The molecule has 3 N–H and O–H groups in total. The first kappa shape index (κ1) is 14.4. The Kier molecular flexibility index (Phi) is 3.93. The molecule has 0 aliphatic heterocycles. The first-order valence-electron chi connectivity index (χ1n) is 7.18. The molecule has 112 valence electrons. The standard InChI is InChI=1S/C15H19N3O2S/c16-10-11-4-1-6-13(11)18-21(19,20)15-8-2-7-14-12(15)5-3-9-17-14/h2-3,5,7-9,11,13,18H,1,4,6,10,16H2. The molecule has 3 rings (SSSR count). The summed E-state index contributed by atoms with van der Waals surface area (Å²) in [4.78, 5) is 4.49. The van der Waals surface area contributed by atoms with Crippen molar-refractivity contribution in [2.75, 3.05) is 6.54 Å². The molecule has 0 saturated heterocycles. The van der Waals surface area contributed by atoms with Gasteiger partial charge in [-0.15, -0.1) is 0 Å². The normalized spacial score (nSPS) is 22.7. The van der Waals surface area contributed by atoms with Crippen LogP contribution in [0.3, 0.4) is 0 Å². The fourth-order valence-corrected chi connectivity index (χ4v) is 4.60. The highest BCUT2D eigenvalue weighted by molar-refractivity contribution is 7.89. The summed E-state index contributed by atoms with van der Waals surface area (Å²) in [5, 5.41) is 0.648. The molecule has 2 unspecified atom stereocenters. The minimum absolute atomic E-state index is 0.0630. The van der Waals surface area contributed by atoms with Crippen molar-refractivity contribution in [3.8, 4) is 0 Å². The highest BCUT2D eigenvalue weighted by Gasteiger charge is 2.30.